The number of benzene rings is 2. The average Bonchev–Trinajstić information content (AvgIpc) is 2.62. The van der Waals surface area contributed by atoms with E-state index in [1.807, 2.05) is 91.8 Å². The van der Waals surface area contributed by atoms with Crippen LogP contribution in [0.1, 0.15) is 91.2 Å². The van der Waals surface area contributed by atoms with Crippen LogP contribution in [0.25, 0.3) is 11.1 Å². The Kier molecular flexibility index (Phi) is 20.5. The minimum absolute atomic E-state index is 0.0520. The first-order valence-corrected chi connectivity index (χ1v) is 30.7. The number of hydrogen-bond donors (Lipinski definition) is 2. The minimum Gasteiger partial charge on any atom is -0.399 e. The van der Waals surface area contributed by atoms with E-state index in [9.17, 15) is 45.5 Å². The van der Waals surface area contributed by atoms with Gasteiger partial charge in [0, 0.05) is 107 Å². The van der Waals surface area contributed by atoms with Crippen molar-refractivity contribution in [2.24, 2.45) is 23.7 Å². The molecule has 0 aliphatic carbocycles. The standard InChI is InChI=1S/C28H34F3N5O3.C20H28BF3N2O3.C14H18ClN3O2/c1-18-3-4-22(32-27(38)35-7-6-20(17-35)16-28(29,30)31)15-23(18)21-13-24(34-9-11-39-12-10-34)33-25(14-21)36-8-5-19(2)26(36)37;1-13-6-7-15(10-16(13)21-28-18(2,3)19(4,5)29-21)25-17(27)26-9-8-14(12-26)11-20(22,23)24;1-10-2-3-18(14(10)19)13-9-11(15)8-12(16-13)17-4-6-20-7-5-17/h3-4,13-15,19-20H,5-12,16-17H2,1-2H3,(H,32,38);6-7,10,14H,8-9,11-12H2,1-5H3,(H,25,27);8-10H,2-7H2,1H3/t19-,20+;14-;10-/m101/s1. The monoisotopic (exact) mass is 1250 g/mol. The van der Waals surface area contributed by atoms with Crippen LogP contribution in [0, 0.1) is 37.5 Å². The van der Waals surface area contributed by atoms with Gasteiger partial charge in [-0.1, -0.05) is 43.1 Å². The number of amides is 6. The number of carbonyl (C=O) groups excluding carboxylic acids is 4. The molecule has 7 aliphatic rings. The molecule has 7 fully saturated rings. The van der Waals surface area contributed by atoms with Crippen LogP contribution in [0.4, 0.5) is 70.6 Å². The molecule has 4 aromatic rings. The molecule has 0 unspecified atom stereocenters. The van der Waals surface area contributed by atoms with Crippen LogP contribution < -0.4 is 35.7 Å². The predicted molar refractivity (Wildman–Crippen MR) is 328 cm³/mol. The Morgan fingerprint density at radius 2 is 1.01 bits per heavy atom. The first-order chi connectivity index (χ1) is 41.5. The summed E-state index contributed by atoms with van der Waals surface area (Å²) in [5.74, 6) is 1.94. The maximum atomic E-state index is 12.9. The zero-order valence-electron chi connectivity index (χ0n) is 51.3. The molecule has 0 saturated carbocycles. The Morgan fingerprint density at radius 3 is 1.47 bits per heavy atom. The largest absolute Gasteiger partial charge is 0.495 e. The van der Waals surface area contributed by atoms with E-state index in [2.05, 4.69) is 25.4 Å². The molecule has 0 spiro atoms. The first-order valence-electron chi connectivity index (χ1n) is 30.3. The maximum absolute atomic E-state index is 12.9. The van der Waals surface area contributed by atoms with Gasteiger partial charge in [-0.25, -0.2) is 19.6 Å². The molecule has 26 heteroatoms. The first kappa shape index (κ1) is 66.0. The maximum Gasteiger partial charge on any atom is 0.495 e. The molecule has 478 valence electrons. The summed E-state index contributed by atoms with van der Waals surface area (Å²) in [5, 5.41) is 6.27. The number of anilines is 6. The molecular formula is C62H80BClF6N10O8. The fourth-order valence-electron chi connectivity index (χ4n) is 11.8. The third kappa shape index (κ3) is 16.5. The van der Waals surface area contributed by atoms with Gasteiger partial charge in [0.25, 0.3) is 0 Å². The average molecular weight is 1250 g/mol. The Hall–Kier alpha value is -6.41. The SMILES string of the molecule is C[C@@H]1CCN(c2cc(Cl)cc(N3CCOCC3)n2)C1=O.Cc1ccc(NC(=O)N2CC[C@@H](CC(F)(F)F)C2)cc1-c1cc(N2CCOCC2)nc(N2CC[C@@H](C)C2=O)c1.Cc1ccc(NC(=O)N2CC[C@@H](CC(F)(F)F)C2)cc1B1OC(C)(C)C(C)(C)O1. The van der Waals surface area contributed by atoms with Gasteiger partial charge >= 0.3 is 31.5 Å². The molecule has 2 aromatic carbocycles. The van der Waals surface area contributed by atoms with Crippen LogP contribution in [0.15, 0.2) is 60.7 Å². The third-order valence-electron chi connectivity index (χ3n) is 17.8. The summed E-state index contributed by atoms with van der Waals surface area (Å²) in [4.78, 5) is 70.5. The van der Waals surface area contributed by atoms with Crippen molar-refractivity contribution in [1.29, 1.82) is 0 Å². The molecule has 0 bridgehead atoms. The summed E-state index contributed by atoms with van der Waals surface area (Å²) in [6.07, 6.45) is -7.81. The van der Waals surface area contributed by atoms with Crippen molar-refractivity contribution in [2.75, 3.05) is 122 Å². The predicted octanol–water partition coefficient (Wildman–Crippen LogP) is 11.1. The molecule has 2 N–H and O–H groups in total. The molecule has 7 saturated heterocycles. The van der Waals surface area contributed by atoms with Crippen LogP contribution in [-0.4, -0.2) is 166 Å². The second-order valence-electron chi connectivity index (χ2n) is 25.0. The summed E-state index contributed by atoms with van der Waals surface area (Å²) in [7, 11) is -0.556. The molecule has 0 radical (unpaired) electrons. The van der Waals surface area contributed by atoms with Crippen molar-refractivity contribution in [1.82, 2.24) is 19.8 Å². The lowest BCUT2D eigenvalue weighted by molar-refractivity contribution is -0.144. The summed E-state index contributed by atoms with van der Waals surface area (Å²) in [6, 6.07) is 17.7. The van der Waals surface area contributed by atoms with E-state index in [4.69, 9.17) is 35.4 Å². The number of likely N-dealkylation sites (tertiary alicyclic amines) is 2. The zero-order chi connectivity index (χ0) is 63.5. The second kappa shape index (κ2) is 27.4. The van der Waals surface area contributed by atoms with Crippen molar-refractivity contribution < 1.29 is 64.3 Å². The molecule has 7 aliphatic heterocycles. The highest BCUT2D eigenvalue weighted by atomic mass is 35.5. The van der Waals surface area contributed by atoms with Crippen molar-refractivity contribution in [3.05, 3.63) is 76.8 Å². The molecule has 18 nitrogen and oxygen atoms in total. The summed E-state index contributed by atoms with van der Waals surface area (Å²) < 4.78 is 99.1. The van der Waals surface area contributed by atoms with Crippen LogP contribution in [0.2, 0.25) is 5.02 Å². The molecule has 2 aromatic heterocycles. The number of urea groups is 2. The number of hydrogen-bond acceptors (Lipinski definition) is 12. The van der Waals surface area contributed by atoms with Crippen molar-refractivity contribution >= 4 is 82.7 Å². The highest BCUT2D eigenvalue weighted by Crippen LogP contribution is 2.39. The fourth-order valence-corrected chi connectivity index (χ4v) is 12.0. The van der Waals surface area contributed by atoms with E-state index in [1.54, 1.807) is 34.1 Å². The molecule has 11 rings (SSSR count). The van der Waals surface area contributed by atoms with Gasteiger partial charge < -0.3 is 49.0 Å². The van der Waals surface area contributed by atoms with E-state index in [1.165, 1.54) is 9.80 Å². The van der Waals surface area contributed by atoms with Crippen LogP contribution in [0.5, 0.6) is 0 Å². The van der Waals surface area contributed by atoms with Crippen LogP contribution >= 0.6 is 11.6 Å². The number of morpholine rings is 2. The number of carbonyl (C=O) groups is 4. The molecule has 88 heavy (non-hydrogen) atoms. The number of alkyl halides is 6. The topological polar surface area (TPSA) is 174 Å². The highest BCUT2D eigenvalue weighted by molar-refractivity contribution is 6.62. The number of aryl methyl sites for hydroxylation is 2. The number of nitrogens with one attached hydrogen (secondary N) is 2. The number of ether oxygens (including phenoxy) is 2. The summed E-state index contributed by atoms with van der Waals surface area (Å²) >= 11 is 6.20. The van der Waals surface area contributed by atoms with Gasteiger partial charge in [-0.3, -0.25) is 19.4 Å². The van der Waals surface area contributed by atoms with Gasteiger partial charge in [0.15, 0.2) is 0 Å². The van der Waals surface area contributed by atoms with Crippen molar-refractivity contribution in [3.63, 3.8) is 0 Å². The van der Waals surface area contributed by atoms with Crippen LogP contribution in [-0.2, 0) is 28.4 Å². The van der Waals surface area contributed by atoms with Gasteiger partial charge in [-0.2, -0.15) is 26.3 Å². The fraction of sp³-hybridized carbons (Fsp3) is 0.581. The van der Waals surface area contributed by atoms with Gasteiger partial charge in [-0.05, 0) is 150 Å². The summed E-state index contributed by atoms with van der Waals surface area (Å²) in [6.45, 7) is 23.4. The zero-order valence-corrected chi connectivity index (χ0v) is 52.0. The van der Waals surface area contributed by atoms with Gasteiger partial charge in [-0.15, -0.1) is 0 Å². The Bertz CT molecular complexity index is 3150. The lowest BCUT2D eigenvalue weighted by Crippen LogP contribution is -2.41. The number of halogens is 7. The quantitative estimate of drug-likeness (QED) is 0.114. The number of aromatic nitrogens is 2. The van der Waals surface area contributed by atoms with E-state index in [0.29, 0.717) is 100 Å². The number of nitrogens with zero attached hydrogens (tertiary/aromatic N) is 8. The Labute approximate surface area is 516 Å². The van der Waals surface area contributed by atoms with Crippen LogP contribution in [0.3, 0.4) is 0 Å². The van der Waals surface area contributed by atoms with Crippen molar-refractivity contribution in [2.45, 2.75) is 117 Å². The van der Waals surface area contributed by atoms with E-state index in [-0.39, 0.29) is 36.7 Å². The highest BCUT2D eigenvalue weighted by Gasteiger charge is 2.52. The Balaban J connectivity index is 0.000000166. The van der Waals surface area contributed by atoms with Crippen molar-refractivity contribution in [3.8, 4) is 11.1 Å². The van der Waals surface area contributed by atoms with E-state index < -0.39 is 67.4 Å². The molecule has 4 atom stereocenters. The smallest absolute Gasteiger partial charge is 0.399 e. The normalized spacial score (nSPS) is 22.9. The third-order valence-corrected chi connectivity index (χ3v) is 18.0. The van der Waals surface area contributed by atoms with Gasteiger partial charge in [0.2, 0.25) is 11.8 Å². The number of pyridine rings is 2. The number of rotatable bonds is 10. The van der Waals surface area contributed by atoms with E-state index in [0.717, 1.165) is 71.8 Å². The summed E-state index contributed by atoms with van der Waals surface area (Å²) in [5.41, 5.74) is 4.66. The molecule has 6 amide bonds. The lowest BCUT2D eigenvalue weighted by atomic mass is 9.76. The molecule has 9 heterocycles. The molecular weight excluding hydrogens is 1170 g/mol. The Morgan fingerprint density at radius 1 is 0.591 bits per heavy atom. The van der Waals surface area contributed by atoms with E-state index >= 15 is 0 Å². The second-order valence-corrected chi connectivity index (χ2v) is 25.5. The lowest BCUT2D eigenvalue weighted by Gasteiger charge is -2.32. The minimum atomic E-state index is -4.23. The van der Waals surface area contributed by atoms with Gasteiger partial charge in [0.1, 0.15) is 23.3 Å². The van der Waals surface area contributed by atoms with Gasteiger partial charge in [0.05, 0.1) is 37.6 Å².